The van der Waals surface area contributed by atoms with Crippen molar-refractivity contribution in [3.8, 4) is 6.07 Å². The number of nitriles is 1. The third-order valence-electron chi connectivity index (χ3n) is 3.12. The maximum Gasteiger partial charge on any atom is 0.407 e. The van der Waals surface area contributed by atoms with E-state index in [1.807, 2.05) is 11.0 Å². The summed E-state index contributed by atoms with van der Waals surface area (Å²) in [7, 11) is 1.32. The number of hydrogen-bond donors (Lipinski definition) is 1. The molecule has 1 aromatic carbocycles. The maximum atomic E-state index is 13.1. The Morgan fingerprint density at radius 2 is 2.42 bits per heavy atom. The highest BCUT2D eigenvalue weighted by Gasteiger charge is 2.25. The minimum atomic E-state index is -0.466. The highest BCUT2D eigenvalue weighted by molar-refractivity contribution is 5.68. The molecule has 1 N–H and O–H groups in total. The molecule has 5 nitrogen and oxygen atoms in total. The van der Waals surface area contributed by atoms with Gasteiger partial charge in [-0.2, -0.15) is 5.26 Å². The zero-order valence-electron chi connectivity index (χ0n) is 10.5. The summed E-state index contributed by atoms with van der Waals surface area (Å²) in [4.78, 5) is 13.1. The first-order valence-electron chi connectivity index (χ1n) is 5.93. The zero-order valence-corrected chi connectivity index (χ0v) is 10.5. The molecule has 0 aromatic heterocycles. The van der Waals surface area contributed by atoms with Crippen LogP contribution in [0.1, 0.15) is 12.0 Å². The third-order valence-corrected chi connectivity index (χ3v) is 3.12. The molecule has 19 heavy (non-hydrogen) atoms. The summed E-state index contributed by atoms with van der Waals surface area (Å²) in [6.07, 6.45) is 0.295. The normalized spacial score (nSPS) is 17.9. The monoisotopic (exact) mass is 263 g/mol. The quantitative estimate of drug-likeness (QED) is 0.880. The largest absolute Gasteiger partial charge is 0.453 e. The molecule has 1 amide bonds. The lowest BCUT2D eigenvalue weighted by Gasteiger charge is -2.20. The van der Waals surface area contributed by atoms with Crippen LogP contribution in [0.25, 0.3) is 0 Å². The molecule has 0 spiro atoms. The molecule has 1 heterocycles. The lowest BCUT2D eigenvalue weighted by molar-refractivity contribution is 0.167. The molecule has 0 aliphatic carbocycles. The van der Waals surface area contributed by atoms with Crippen LogP contribution < -0.4 is 10.2 Å². The van der Waals surface area contributed by atoms with Crippen molar-refractivity contribution >= 4 is 11.8 Å². The Morgan fingerprint density at radius 1 is 1.63 bits per heavy atom. The van der Waals surface area contributed by atoms with Gasteiger partial charge >= 0.3 is 6.09 Å². The van der Waals surface area contributed by atoms with Gasteiger partial charge in [0.2, 0.25) is 0 Å². The number of benzene rings is 1. The average molecular weight is 263 g/mol. The van der Waals surface area contributed by atoms with E-state index < -0.39 is 11.9 Å². The van der Waals surface area contributed by atoms with E-state index in [1.54, 1.807) is 6.07 Å². The van der Waals surface area contributed by atoms with Crippen molar-refractivity contribution in [2.75, 3.05) is 25.1 Å². The number of halogens is 1. The predicted octanol–water partition coefficient (Wildman–Crippen LogP) is 1.63. The van der Waals surface area contributed by atoms with Gasteiger partial charge in [-0.3, -0.25) is 0 Å². The van der Waals surface area contributed by atoms with Gasteiger partial charge in [-0.25, -0.2) is 9.18 Å². The zero-order chi connectivity index (χ0) is 13.8. The lowest BCUT2D eigenvalue weighted by atomic mass is 10.1. The van der Waals surface area contributed by atoms with E-state index in [0.717, 1.165) is 6.42 Å². The summed E-state index contributed by atoms with van der Waals surface area (Å²) < 4.78 is 17.6. The van der Waals surface area contributed by atoms with Gasteiger partial charge in [0.1, 0.15) is 11.9 Å². The second kappa shape index (κ2) is 5.57. The fraction of sp³-hybridized carbons (Fsp3) is 0.385. The maximum absolute atomic E-state index is 13.1. The number of carbonyl (C=O) groups is 1. The van der Waals surface area contributed by atoms with Gasteiger partial charge in [0, 0.05) is 13.1 Å². The van der Waals surface area contributed by atoms with E-state index in [9.17, 15) is 9.18 Å². The first-order chi connectivity index (χ1) is 9.13. The number of hydrogen-bond acceptors (Lipinski definition) is 4. The van der Waals surface area contributed by atoms with E-state index in [4.69, 9.17) is 5.26 Å². The number of amides is 1. The van der Waals surface area contributed by atoms with Gasteiger partial charge in [0.05, 0.1) is 24.4 Å². The van der Waals surface area contributed by atoms with Crippen molar-refractivity contribution in [1.29, 1.82) is 5.26 Å². The highest BCUT2D eigenvalue weighted by atomic mass is 19.1. The van der Waals surface area contributed by atoms with Crippen molar-refractivity contribution < 1.29 is 13.9 Å². The Bertz CT molecular complexity index is 527. The third kappa shape index (κ3) is 2.94. The van der Waals surface area contributed by atoms with Crippen LogP contribution in [0.3, 0.4) is 0 Å². The van der Waals surface area contributed by atoms with E-state index in [1.165, 1.54) is 19.2 Å². The van der Waals surface area contributed by atoms with Crippen molar-refractivity contribution in [3.63, 3.8) is 0 Å². The van der Waals surface area contributed by atoms with Crippen molar-refractivity contribution in [2.45, 2.75) is 12.5 Å². The van der Waals surface area contributed by atoms with Crippen LogP contribution in [0, 0.1) is 17.1 Å². The number of nitrogens with zero attached hydrogens (tertiary/aromatic N) is 2. The molecule has 1 aliphatic rings. The van der Waals surface area contributed by atoms with Crippen molar-refractivity contribution in [2.24, 2.45) is 0 Å². The summed E-state index contributed by atoms with van der Waals surface area (Å²) in [6.45, 7) is 1.28. The summed E-state index contributed by atoms with van der Waals surface area (Å²) in [6, 6.07) is 6.10. The molecule has 1 unspecified atom stereocenters. The van der Waals surface area contributed by atoms with Gasteiger partial charge in [-0.1, -0.05) is 0 Å². The summed E-state index contributed by atoms with van der Waals surface area (Å²) in [5.41, 5.74) is 0.997. The molecular weight excluding hydrogens is 249 g/mol. The van der Waals surface area contributed by atoms with Crippen molar-refractivity contribution in [1.82, 2.24) is 5.32 Å². The van der Waals surface area contributed by atoms with Gasteiger partial charge in [0.25, 0.3) is 0 Å². The van der Waals surface area contributed by atoms with E-state index >= 15 is 0 Å². The fourth-order valence-electron chi connectivity index (χ4n) is 2.20. The molecule has 6 heteroatoms. The van der Waals surface area contributed by atoms with E-state index in [2.05, 4.69) is 10.1 Å². The topological polar surface area (TPSA) is 65.4 Å². The van der Waals surface area contributed by atoms with Crippen LogP contribution in [0.15, 0.2) is 18.2 Å². The Morgan fingerprint density at radius 3 is 3.11 bits per heavy atom. The van der Waals surface area contributed by atoms with Crippen LogP contribution in [0.2, 0.25) is 0 Å². The number of nitrogens with one attached hydrogen (secondary N) is 1. The number of alkyl carbamates (subject to hydrolysis) is 1. The van der Waals surface area contributed by atoms with Crippen LogP contribution >= 0.6 is 0 Å². The minimum Gasteiger partial charge on any atom is -0.453 e. The number of methoxy groups -OCH3 is 1. The molecule has 1 saturated heterocycles. The molecule has 100 valence electrons. The predicted molar refractivity (Wildman–Crippen MR) is 67.3 cm³/mol. The average Bonchev–Trinajstić information content (AvgIpc) is 2.86. The molecule has 0 saturated carbocycles. The first-order valence-corrected chi connectivity index (χ1v) is 5.93. The first kappa shape index (κ1) is 13.1. The Balaban J connectivity index is 2.09. The number of ether oxygens (including phenoxy) is 1. The van der Waals surface area contributed by atoms with Gasteiger partial charge < -0.3 is 15.0 Å². The number of carbonyl (C=O) groups excluding carboxylic acids is 1. The van der Waals surface area contributed by atoms with Crippen LogP contribution in [0.5, 0.6) is 0 Å². The van der Waals surface area contributed by atoms with Gasteiger partial charge in [0.15, 0.2) is 0 Å². The summed E-state index contributed by atoms with van der Waals surface area (Å²) >= 11 is 0. The van der Waals surface area contributed by atoms with Crippen LogP contribution in [0.4, 0.5) is 14.9 Å². The molecule has 0 bridgehead atoms. The van der Waals surface area contributed by atoms with E-state index in [-0.39, 0.29) is 6.04 Å². The molecule has 1 fully saturated rings. The smallest absolute Gasteiger partial charge is 0.407 e. The number of rotatable bonds is 2. The minimum absolute atomic E-state index is 0.0240. The highest BCUT2D eigenvalue weighted by Crippen LogP contribution is 2.25. The number of anilines is 1. The Kier molecular flexibility index (Phi) is 3.85. The molecular formula is C13H14FN3O2. The van der Waals surface area contributed by atoms with Crippen molar-refractivity contribution in [3.05, 3.63) is 29.6 Å². The Labute approximate surface area is 110 Å². The van der Waals surface area contributed by atoms with Gasteiger partial charge in [-0.05, 0) is 24.6 Å². The fourth-order valence-corrected chi connectivity index (χ4v) is 2.20. The van der Waals surface area contributed by atoms with E-state index in [0.29, 0.717) is 24.3 Å². The summed E-state index contributed by atoms with van der Waals surface area (Å²) in [5.74, 6) is -0.427. The van der Waals surface area contributed by atoms with Crippen LogP contribution in [-0.4, -0.2) is 32.3 Å². The van der Waals surface area contributed by atoms with Gasteiger partial charge in [-0.15, -0.1) is 0 Å². The molecule has 1 atom stereocenters. The molecule has 1 aromatic rings. The second-order valence-corrected chi connectivity index (χ2v) is 4.34. The Hall–Kier alpha value is -2.29. The summed E-state index contributed by atoms with van der Waals surface area (Å²) in [5, 5.41) is 11.7. The standard InChI is InChI=1S/C13H14FN3O2/c1-19-13(18)16-11-4-5-17(8-11)12-3-2-10(14)6-9(12)7-15/h2-3,6,11H,4-5,8H2,1H3,(H,16,18). The second-order valence-electron chi connectivity index (χ2n) is 4.34. The SMILES string of the molecule is COC(=O)NC1CCN(c2ccc(F)cc2C#N)C1. The molecule has 2 rings (SSSR count). The lowest BCUT2D eigenvalue weighted by Crippen LogP contribution is -2.37. The molecule has 1 aliphatic heterocycles. The molecule has 0 radical (unpaired) electrons. The van der Waals surface area contributed by atoms with Crippen LogP contribution in [-0.2, 0) is 4.74 Å².